The van der Waals surface area contributed by atoms with Crippen LogP contribution >= 0.6 is 0 Å². The highest BCUT2D eigenvalue weighted by Crippen LogP contribution is 2.22. The van der Waals surface area contributed by atoms with Crippen molar-refractivity contribution in [3.63, 3.8) is 0 Å². The van der Waals surface area contributed by atoms with Gasteiger partial charge in [-0.15, -0.1) is 0 Å². The van der Waals surface area contributed by atoms with Gasteiger partial charge in [-0.2, -0.15) is 0 Å². The minimum Gasteiger partial charge on any atom is -0.459 e. The van der Waals surface area contributed by atoms with E-state index in [1.807, 2.05) is 0 Å². The molecule has 0 aliphatic rings. The smallest absolute Gasteiger partial charge is 0.397 e. The van der Waals surface area contributed by atoms with Gasteiger partial charge < -0.3 is 10.1 Å². The molecule has 0 fully saturated rings. The zero-order valence-electron chi connectivity index (χ0n) is 9.93. The summed E-state index contributed by atoms with van der Waals surface area (Å²) in [6, 6.07) is 4.14. The Morgan fingerprint density at radius 1 is 1.44 bits per heavy atom. The Hall–Kier alpha value is -2.44. The Morgan fingerprint density at radius 3 is 2.67 bits per heavy atom. The van der Waals surface area contributed by atoms with E-state index in [0.717, 1.165) is 0 Å². The van der Waals surface area contributed by atoms with Crippen LogP contribution in [0.25, 0.3) is 0 Å². The molecular weight excluding hydrogens is 240 g/mol. The lowest BCUT2D eigenvalue weighted by Gasteiger charge is -2.05. The van der Waals surface area contributed by atoms with E-state index in [-0.39, 0.29) is 18.0 Å². The number of nitro groups is 1. The summed E-state index contributed by atoms with van der Waals surface area (Å²) in [5, 5.41) is 12.9. The number of rotatable bonds is 3. The summed E-state index contributed by atoms with van der Waals surface area (Å²) in [6.45, 7) is 3.23. The molecule has 0 radical (unpaired) electrons. The fraction of sp³-hybridized carbons (Fsp3) is 0.273. The van der Waals surface area contributed by atoms with E-state index in [1.54, 1.807) is 13.8 Å². The predicted octanol–water partition coefficient (Wildman–Crippen LogP) is 1.40. The summed E-state index contributed by atoms with van der Waals surface area (Å²) in [6.07, 6.45) is 0. The van der Waals surface area contributed by atoms with Gasteiger partial charge in [-0.05, 0) is 19.9 Å². The molecule has 0 aromatic heterocycles. The number of nitrogens with zero attached hydrogens (tertiary/aromatic N) is 1. The maximum atomic E-state index is 11.3. The lowest BCUT2D eigenvalue weighted by atomic mass is 10.2. The summed E-state index contributed by atoms with van der Waals surface area (Å²) in [5.41, 5.74) is 0.510. The summed E-state index contributed by atoms with van der Waals surface area (Å²) < 4.78 is 4.49. The number of ether oxygens (including phenoxy) is 1. The Balaban J connectivity index is 2.86. The van der Waals surface area contributed by atoms with Crippen molar-refractivity contribution in [1.82, 2.24) is 0 Å². The normalized spacial score (nSPS) is 9.67. The van der Waals surface area contributed by atoms with Crippen LogP contribution in [0.2, 0.25) is 0 Å². The topological polar surface area (TPSA) is 98.5 Å². The van der Waals surface area contributed by atoms with Gasteiger partial charge in [0.2, 0.25) is 0 Å². The maximum absolute atomic E-state index is 11.3. The highest BCUT2D eigenvalue weighted by Gasteiger charge is 2.17. The molecule has 7 heteroatoms. The number of hydrogen-bond acceptors (Lipinski definition) is 5. The first kappa shape index (κ1) is 13.6. The number of hydrogen-bond donors (Lipinski definition) is 1. The van der Waals surface area contributed by atoms with Gasteiger partial charge in [0.15, 0.2) is 0 Å². The molecule has 1 aromatic rings. The molecule has 0 heterocycles. The van der Waals surface area contributed by atoms with E-state index in [4.69, 9.17) is 0 Å². The number of nitrogens with one attached hydrogen (secondary N) is 1. The first-order valence-electron chi connectivity index (χ1n) is 5.18. The molecule has 0 unspecified atom stereocenters. The van der Waals surface area contributed by atoms with E-state index < -0.39 is 16.8 Å². The summed E-state index contributed by atoms with van der Waals surface area (Å²) in [4.78, 5) is 32.5. The van der Waals surface area contributed by atoms with Crippen LogP contribution in [0.4, 0.5) is 11.4 Å². The molecule has 0 aliphatic heterocycles. The van der Waals surface area contributed by atoms with Gasteiger partial charge in [0.05, 0.1) is 11.5 Å². The lowest BCUT2D eigenvalue weighted by molar-refractivity contribution is -0.385. The van der Waals surface area contributed by atoms with E-state index in [0.29, 0.717) is 5.56 Å². The number of carbonyl (C=O) groups is 2. The van der Waals surface area contributed by atoms with Crippen LogP contribution in [0.15, 0.2) is 18.2 Å². The number of benzene rings is 1. The average Bonchev–Trinajstić information content (AvgIpc) is 2.31. The first-order valence-corrected chi connectivity index (χ1v) is 5.18. The van der Waals surface area contributed by atoms with E-state index >= 15 is 0 Å². The molecule has 18 heavy (non-hydrogen) atoms. The number of esters is 1. The highest BCUT2D eigenvalue weighted by molar-refractivity contribution is 6.37. The molecular formula is C11H12N2O5. The molecule has 0 saturated carbocycles. The highest BCUT2D eigenvalue weighted by atomic mass is 16.6. The second-order valence-corrected chi connectivity index (χ2v) is 3.43. The third-order valence-corrected chi connectivity index (χ3v) is 2.12. The van der Waals surface area contributed by atoms with Crippen molar-refractivity contribution in [3.8, 4) is 0 Å². The monoisotopic (exact) mass is 252 g/mol. The van der Waals surface area contributed by atoms with E-state index in [9.17, 15) is 19.7 Å². The standard InChI is InChI=1S/C11H12N2O5/c1-3-18-11(15)10(14)12-8-5-4-7(2)9(6-8)13(16)17/h4-6H,3H2,1-2H3,(H,12,14). The molecule has 0 saturated heterocycles. The van der Waals surface area contributed by atoms with E-state index in [2.05, 4.69) is 10.1 Å². The Labute approximate surface area is 103 Å². The number of amides is 1. The Bertz CT molecular complexity index is 498. The molecule has 1 aromatic carbocycles. The molecule has 0 bridgehead atoms. The largest absolute Gasteiger partial charge is 0.459 e. The molecule has 1 rings (SSSR count). The number of carbonyl (C=O) groups excluding carboxylic acids is 2. The van der Waals surface area contributed by atoms with Crippen molar-refractivity contribution in [2.75, 3.05) is 11.9 Å². The van der Waals surface area contributed by atoms with Crippen molar-refractivity contribution in [2.24, 2.45) is 0 Å². The van der Waals surface area contributed by atoms with Gasteiger partial charge in [0.1, 0.15) is 0 Å². The van der Waals surface area contributed by atoms with Crippen molar-refractivity contribution in [3.05, 3.63) is 33.9 Å². The summed E-state index contributed by atoms with van der Waals surface area (Å²) in [7, 11) is 0. The van der Waals surface area contributed by atoms with Crippen molar-refractivity contribution in [1.29, 1.82) is 0 Å². The molecule has 1 amide bonds. The van der Waals surface area contributed by atoms with Crippen LogP contribution in [0, 0.1) is 17.0 Å². The zero-order chi connectivity index (χ0) is 13.7. The van der Waals surface area contributed by atoms with Crippen LogP contribution in [-0.4, -0.2) is 23.4 Å². The van der Waals surface area contributed by atoms with E-state index in [1.165, 1.54) is 18.2 Å². The number of anilines is 1. The molecule has 7 nitrogen and oxygen atoms in total. The molecule has 1 N–H and O–H groups in total. The third-order valence-electron chi connectivity index (χ3n) is 2.12. The minimum atomic E-state index is -1.03. The van der Waals surface area contributed by atoms with Gasteiger partial charge in [0.25, 0.3) is 5.69 Å². The number of nitro benzene ring substituents is 1. The van der Waals surface area contributed by atoms with Crippen molar-refractivity contribution >= 4 is 23.3 Å². The average molecular weight is 252 g/mol. The van der Waals surface area contributed by atoms with Gasteiger partial charge in [-0.25, -0.2) is 4.79 Å². The third kappa shape index (κ3) is 3.27. The van der Waals surface area contributed by atoms with Crippen LogP contribution in [-0.2, 0) is 14.3 Å². The number of aryl methyl sites for hydroxylation is 1. The zero-order valence-corrected chi connectivity index (χ0v) is 9.93. The molecule has 0 spiro atoms. The Morgan fingerprint density at radius 2 is 2.11 bits per heavy atom. The molecule has 0 atom stereocenters. The van der Waals surface area contributed by atoms with Gasteiger partial charge in [-0.1, -0.05) is 6.07 Å². The Kier molecular flexibility index (Phi) is 4.36. The fourth-order valence-corrected chi connectivity index (χ4v) is 1.26. The van der Waals surface area contributed by atoms with Gasteiger partial charge in [-0.3, -0.25) is 14.9 Å². The van der Waals surface area contributed by atoms with Crippen LogP contribution in [0.5, 0.6) is 0 Å². The van der Waals surface area contributed by atoms with Crippen LogP contribution in [0.1, 0.15) is 12.5 Å². The van der Waals surface area contributed by atoms with Gasteiger partial charge >= 0.3 is 11.9 Å². The second-order valence-electron chi connectivity index (χ2n) is 3.43. The van der Waals surface area contributed by atoms with Crippen LogP contribution < -0.4 is 5.32 Å². The molecule has 0 aliphatic carbocycles. The summed E-state index contributed by atoms with van der Waals surface area (Å²) in [5.74, 6) is -1.99. The van der Waals surface area contributed by atoms with Crippen molar-refractivity contribution in [2.45, 2.75) is 13.8 Å². The fourth-order valence-electron chi connectivity index (χ4n) is 1.26. The maximum Gasteiger partial charge on any atom is 0.397 e. The van der Waals surface area contributed by atoms with Crippen molar-refractivity contribution < 1.29 is 19.2 Å². The SMILES string of the molecule is CCOC(=O)C(=O)Nc1ccc(C)c([N+](=O)[O-])c1. The summed E-state index contributed by atoms with van der Waals surface area (Å²) >= 11 is 0. The van der Waals surface area contributed by atoms with Gasteiger partial charge in [0, 0.05) is 17.3 Å². The predicted molar refractivity (Wildman–Crippen MR) is 63.1 cm³/mol. The molecule has 96 valence electrons. The first-order chi connectivity index (χ1) is 8.45. The van der Waals surface area contributed by atoms with Crippen LogP contribution in [0.3, 0.4) is 0 Å². The second kappa shape index (κ2) is 5.76. The minimum absolute atomic E-state index is 0.0836. The quantitative estimate of drug-likeness (QED) is 0.379. The lowest BCUT2D eigenvalue weighted by Crippen LogP contribution is -2.25.